The van der Waals surface area contributed by atoms with Crippen LogP contribution >= 0.6 is 0 Å². The molecule has 548 valence electrons. The zero-order valence-corrected chi connectivity index (χ0v) is 59.7. The van der Waals surface area contributed by atoms with Gasteiger partial charge in [-0.3, -0.25) is 43.5 Å². The lowest BCUT2D eigenvalue weighted by molar-refractivity contribution is -0.132. The Kier molecular flexibility index (Phi) is 25.9. The van der Waals surface area contributed by atoms with Crippen LogP contribution in [0.5, 0.6) is 28.7 Å². The molecule has 7 amide bonds. The van der Waals surface area contributed by atoms with E-state index in [2.05, 4.69) is 33.1 Å². The van der Waals surface area contributed by atoms with Crippen LogP contribution in [0.3, 0.4) is 0 Å². The summed E-state index contributed by atoms with van der Waals surface area (Å²) in [6, 6.07) is 34.4. The molecule has 6 aromatic rings. The lowest BCUT2D eigenvalue weighted by atomic mass is 10.0. The Morgan fingerprint density at radius 2 is 1.08 bits per heavy atom. The minimum Gasteiger partial charge on any atom is -0.497 e. The van der Waals surface area contributed by atoms with Crippen LogP contribution in [0, 0.1) is 17.8 Å². The summed E-state index contributed by atoms with van der Waals surface area (Å²) >= 11 is 0. The van der Waals surface area contributed by atoms with E-state index >= 15 is 0 Å². The number of amides is 7. The van der Waals surface area contributed by atoms with Gasteiger partial charge in [0.15, 0.2) is 23.0 Å². The van der Waals surface area contributed by atoms with Gasteiger partial charge in [0.05, 0.1) is 134 Å². The van der Waals surface area contributed by atoms with Gasteiger partial charge in [-0.2, -0.15) is 0 Å². The number of aliphatic imine (C=N–C) groups is 2. The Morgan fingerprint density at radius 3 is 1.65 bits per heavy atom. The summed E-state index contributed by atoms with van der Waals surface area (Å²) in [6.45, 7) is 8.49. The Bertz CT molecular complexity index is 4350. The monoisotopic (exact) mass is 1430 g/mol. The summed E-state index contributed by atoms with van der Waals surface area (Å²) < 4.78 is 51.4. The molecule has 105 heavy (non-hydrogen) atoms. The first-order valence-electron chi connectivity index (χ1n) is 35.1. The highest BCUT2D eigenvalue weighted by atomic mass is 16.6. The van der Waals surface area contributed by atoms with Crippen molar-refractivity contribution in [3.8, 4) is 40.6 Å². The van der Waals surface area contributed by atoms with Crippen LogP contribution in [-0.2, 0) is 49.5 Å². The topological polar surface area (TPSA) is 285 Å². The van der Waals surface area contributed by atoms with Gasteiger partial charge < -0.3 is 78.6 Å². The number of nitrogens with zero attached hydrogens (tertiary/aromatic N) is 5. The van der Waals surface area contributed by atoms with E-state index in [9.17, 15) is 33.6 Å². The van der Waals surface area contributed by atoms with Gasteiger partial charge in [-0.05, 0) is 95.3 Å². The Morgan fingerprint density at radius 1 is 0.543 bits per heavy atom. The molecule has 25 heteroatoms. The second kappa shape index (κ2) is 36.3. The molecular formula is C80H87N9O16. The number of ether oxygens (including phenoxy) is 9. The minimum atomic E-state index is -0.948. The normalized spacial score (nSPS) is 15.8. The maximum atomic E-state index is 14.2. The molecule has 11 rings (SSSR count). The molecule has 0 radical (unpaired) electrons. The van der Waals surface area contributed by atoms with Crippen LogP contribution in [0.2, 0.25) is 0 Å². The van der Waals surface area contributed by atoms with Crippen molar-refractivity contribution in [1.82, 2.24) is 25.8 Å². The Balaban J connectivity index is 0.536. The fourth-order valence-electron chi connectivity index (χ4n) is 12.4. The Labute approximate surface area is 610 Å². The number of methoxy groups -OCH3 is 3. The van der Waals surface area contributed by atoms with E-state index in [-0.39, 0.29) is 106 Å². The summed E-state index contributed by atoms with van der Waals surface area (Å²) in [4.78, 5) is 108. The number of benzene rings is 6. The van der Waals surface area contributed by atoms with Crippen molar-refractivity contribution < 1.29 is 76.2 Å². The average molecular weight is 1430 g/mol. The van der Waals surface area contributed by atoms with Crippen LogP contribution in [-0.4, -0.2) is 182 Å². The Hall–Kier alpha value is -11.2. The summed E-state index contributed by atoms with van der Waals surface area (Å²) in [5, 5.41) is 11.2. The highest BCUT2D eigenvalue weighted by molar-refractivity contribution is 6.07. The lowest BCUT2D eigenvalue weighted by Crippen LogP contribution is -2.53. The smallest absolute Gasteiger partial charge is 0.260 e. The molecule has 0 saturated carbocycles. The van der Waals surface area contributed by atoms with Crippen LogP contribution in [0.4, 0.5) is 22.7 Å². The molecule has 25 nitrogen and oxygen atoms in total. The number of fused-ring (bicyclic) bond motifs is 6. The quantitative estimate of drug-likeness (QED) is 0.0213. The van der Waals surface area contributed by atoms with Gasteiger partial charge >= 0.3 is 0 Å². The van der Waals surface area contributed by atoms with E-state index in [1.165, 1.54) is 14.2 Å². The van der Waals surface area contributed by atoms with Crippen molar-refractivity contribution in [3.05, 3.63) is 173 Å². The number of anilines is 2. The molecule has 0 aliphatic carbocycles. The molecule has 6 aromatic carbocycles. The molecule has 5 aliphatic rings. The summed E-state index contributed by atoms with van der Waals surface area (Å²) in [7, 11) is 4.65. The number of rotatable bonds is 35. The van der Waals surface area contributed by atoms with Crippen molar-refractivity contribution >= 4 is 87.7 Å². The van der Waals surface area contributed by atoms with Crippen LogP contribution in [0.1, 0.15) is 108 Å². The van der Waals surface area contributed by atoms with Crippen LogP contribution < -0.4 is 49.9 Å². The van der Waals surface area contributed by atoms with Gasteiger partial charge in [-0.25, -0.2) is 0 Å². The molecule has 0 unspecified atom stereocenters. The third-order valence-electron chi connectivity index (χ3n) is 18.1. The van der Waals surface area contributed by atoms with Crippen molar-refractivity contribution in [2.24, 2.45) is 15.9 Å². The van der Waals surface area contributed by atoms with E-state index in [1.54, 1.807) is 91.4 Å². The predicted octanol–water partition coefficient (Wildman–Crippen LogP) is 9.39. The third-order valence-corrected chi connectivity index (χ3v) is 18.1. The fourth-order valence-corrected chi connectivity index (χ4v) is 12.4. The molecule has 5 heterocycles. The number of para-hydroxylation sites is 1. The standard InChI is InChI=1S/C80H87N9O16/c1-51(2)76(86-74(91)28-32-100-34-36-102-38-39-103-37-35-101-33-29-81-73(90)26-27-75(92)89-48-57-14-8-7-12-53(57)16-17-56-13-9-10-15-68(56)89)78(94)84-52(3)77(93)85-60-22-18-54(19-23-60)58-40-61-46-82-66-44-71(69(98-5)42-64(66)79(95)87(61)49-58)104-30-11-31-105-72-45-67-65(43-70(72)99-6)80(96)88-50-59(41-62(88)47-83-67)55-20-24-63(97-4)25-21-55/h7-10,12-15,18-25,42-47,49-52,61-62,76H,11,26-41,48H2,1-6H3,(H,81,90)(H,84,94)(H,85,93)(H,86,91)/t52-,61+,62+,76-/m1/s1. The van der Waals surface area contributed by atoms with Gasteiger partial charge in [-0.15, -0.1) is 0 Å². The number of nitrogens with one attached hydrogen (secondary N) is 4. The summed E-state index contributed by atoms with van der Waals surface area (Å²) in [5.41, 5.74) is 9.20. The van der Waals surface area contributed by atoms with E-state index in [1.807, 2.05) is 97.3 Å². The largest absolute Gasteiger partial charge is 0.497 e. The van der Waals surface area contributed by atoms with Crippen LogP contribution in [0.25, 0.3) is 11.1 Å². The molecule has 0 saturated heterocycles. The number of carbonyl (C=O) groups excluding carboxylic acids is 7. The maximum Gasteiger partial charge on any atom is 0.260 e. The van der Waals surface area contributed by atoms with E-state index in [4.69, 9.17) is 52.6 Å². The third kappa shape index (κ3) is 19.4. The van der Waals surface area contributed by atoms with E-state index in [0.717, 1.165) is 50.4 Å². The van der Waals surface area contributed by atoms with Crippen molar-refractivity contribution in [3.63, 3.8) is 0 Å². The minimum absolute atomic E-state index is 0.00246. The second-order valence-electron chi connectivity index (χ2n) is 25.7. The SMILES string of the molecule is COc1ccc(C2=CN3C(=O)c4cc(OC)c(OCCCOc5cc6c(cc5OC)C(=O)N5C=C(c7ccc(NC(=O)[C@@H](C)NC(=O)[C@H](NC(=O)CCOCCOCCOCCOCCNC(=O)CCC(=O)N8Cc9ccccc9C#Cc9ccccc98)C(C)C)cc7)C[C@H]5C=N6)cc4N=C[C@@H]3C2)cc1. The number of hydrogen-bond donors (Lipinski definition) is 4. The summed E-state index contributed by atoms with van der Waals surface area (Å²) in [5.74, 6) is 6.24. The highest BCUT2D eigenvalue weighted by Crippen LogP contribution is 2.42. The zero-order chi connectivity index (χ0) is 73.8. The average Bonchev–Trinajstić information content (AvgIpc) is 1.65. The van der Waals surface area contributed by atoms with Gasteiger partial charge in [0.25, 0.3) is 11.8 Å². The molecule has 0 aromatic heterocycles. The number of carbonyl (C=O) groups is 7. The van der Waals surface area contributed by atoms with E-state index in [0.29, 0.717) is 110 Å². The van der Waals surface area contributed by atoms with Crippen molar-refractivity contribution in [2.45, 2.75) is 90.0 Å². The molecule has 0 bridgehead atoms. The maximum absolute atomic E-state index is 14.2. The summed E-state index contributed by atoms with van der Waals surface area (Å²) in [6.07, 6.45) is 8.88. The molecule has 0 fully saturated rings. The second-order valence-corrected chi connectivity index (χ2v) is 25.7. The molecular weight excluding hydrogens is 1340 g/mol. The molecule has 0 spiro atoms. The molecule has 4 N–H and O–H groups in total. The van der Waals surface area contributed by atoms with Crippen molar-refractivity contribution in [1.29, 1.82) is 0 Å². The molecule has 5 aliphatic heterocycles. The number of hydrogen-bond acceptors (Lipinski definition) is 18. The first-order valence-corrected chi connectivity index (χ1v) is 35.1. The van der Waals surface area contributed by atoms with Gasteiger partial charge in [0, 0.05) is 98.8 Å². The highest BCUT2D eigenvalue weighted by Gasteiger charge is 2.36. The first-order chi connectivity index (χ1) is 51.0. The van der Waals surface area contributed by atoms with Crippen molar-refractivity contribution in [2.75, 3.05) is 104 Å². The molecule has 4 atom stereocenters. The fraction of sp³-hybridized carbons (Fsp3) is 0.362. The predicted molar refractivity (Wildman–Crippen MR) is 396 cm³/mol. The van der Waals surface area contributed by atoms with E-state index < -0.39 is 23.9 Å². The van der Waals surface area contributed by atoms with Crippen LogP contribution in [0.15, 0.2) is 144 Å². The lowest BCUT2D eigenvalue weighted by Gasteiger charge is -2.26. The zero-order valence-electron chi connectivity index (χ0n) is 59.7. The van der Waals surface area contributed by atoms with Gasteiger partial charge in [-0.1, -0.05) is 80.3 Å². The van der Waals surface area contributed by atoms with Gasteiger partial charge in [0.1, 0.15) is 17.8 Å². The van der Waals surface area contributed by atoms with Gasteiger partial charge in [0.2, 0.25) is 29.5 Å². The first kappa shape index (κ1) is 75.0.